The van der Waals surface area contributed by atoms with E-state index in [4.69, 9.17) is 0 Å². The van der Waals surface area contributed by atoms with E-state index in [1.54, 1.807) is 0 Å². The third-order valence-corrected chi connectivity index (χ3v) is 4.24. The van der Waals surface area contributed by atoms with Crippen LogP contribution in [-0.2, 0) is 4.79 Å². The lowest BCUT2D eigenvalue weighted by atomic mass is 10.1. The number of hydrogen-bond donors (Lipinski definition) is 1. The van der Waals surface area contributed by atoms with Gasteiger partial charge in [0.1, 0.15) is 0 Å². The third kappa shape index (κ3) is 3.02. The van der Waals surface area contributed by atoms with Gasteiger partial charge in [0.15, 0.2) is 0 Å². The molecule has 2 saturated heterocycles. The summed E-state index contributed by atoms with van der Waals surface area (Å²) in [4.78, 5) is 16.7. The summed E-state index contributed by atoms with van der Waals surface area (Å²) < 4.78 is 0. The Bertz CT molecular complexity index is 482. The number of piperazine rings is 1. The predicted molar refractivity (Wildman–Crippen MR) is 80.9 cm³/mol. The maximum atomic E-state index is 12.2. The summed E-state index contributed by atoms with van der Waals surface area (Å²) in [5.74, 6) is 0.747. The minimum atomic E-state index is 0.274. The molecule has 20 heavy (non-hydrogen) atoms. The smallest absolute Gasteiger partial charge is 0.227 e. The van der Waals surface area contributed by atoms with Gasteiger partial charge in [0.05, 0.1) is 0 Å². The van der Waals surface area contributed by atoms with Crippen molar-refractivity contribution >= 4 is 11.6 Å². The summed E-state index contributed by atoms with van der Waals surface area (Å²) in [5, 5.41) is 3.37. The summed E-state index contributed by atoms with van der Waals surface area (Å²) in [6.07, 6.45) is 0.692. The Morgan fingerprint density at radius 1 is 1.30 bits per heavy atom. The van der Waals surface area contributed by atoms with Crippen LogP contribution in [0, 0.1) is 12.8 Å². The molecule has 4 heteroatoms. The molecule has 108 valence electrons. The normalized spacial score (nSPS) is 24.4. The second-order valence-corrected chi connectivity index (χ2v) is 5.96. The van der Waals surface area contributed by atoms with Gasteiger partial charge >= 0.3 is 0 Å². The molecule has 1 aromatic rings. The van der Waals surface area contributed by atoms with Crippen LogP contribution in [-0.4, -0.2) is 50.1 Å². The Morgan fingerprint density at radius 3 is 2.85 bits per heavy atom. The fourth-order valence-corrected chi connectivity index (χ4v) is 3.21. The van der Waals surface area contributed by atoms with Crippen LogP contribution in [0.1, 0.15) is 12.0 Å². The van der Waals surface area contributed by atoms with Gasteiger partial charge in [0.25, 0.3) is 0 Å². The summed E-state index contributed by atoms with van der Waals surface area (Å²) in [7, 11) is 0. The van der Waals surface area contributed by atoms with Crippen molar-refractivity contribution in [2.24, 2.45) is 5.92 Å². The summed E-state index contributed by atoms with van der Waals surface area (Å²) in [6.45, 7) is 8.35. The average molecular weight is 273 g/mol. The summed E-state index contributed by atoms with van der Waals surface area (Å²) in [6, 6.07) is 8.24. The fourth-order valence-electron chi connectivity index (χ4n) is 3.21. The highest BCUT2D eigenvalue weighted by molar-refractivity contribution is 5.95. The van der Waals surface area contributed by atoms with E-state index >= 15 is 0 Å². The Hall–Kier alpha value is -1.39. The van der Waals surface area contributed by atoms with Gasteiger partial charge in [-0.2, -0.15) is 0 Å². The number of amides is 1. The number of benzene rings is 1. The number of rotatable bonds is 3. The highest BCUT2D eigenvalue weighted by Crippen LogP contribution is 2.26. The maximum Gasteiger partial charge on any atom is 0.227 e. The predicted octanol–water partition coefficient (Wildman–Crippen LogP) is 1.25. The highest BCUT2D eigenvalue weighted by Gasteiger charge is 2.31. The Morgan fingerprint density at radius 2 is 2.10 bits per heavy atom. The second-order valence-electron chi connectivity index (χ2n) is 5.96. The van der Waals surface area contributed by atoms with E-state index in [0.29, 0.717) is 12.3 Å². The number of aryl methyl sites for hydroxylation is 1. The maximum absolute atomic E-state index is 12.2. The molecule has 4 nitrogen and oxygen atoms in total. The summed E-state index contributed by atoms with van der Waals surface area (Å²) >= 11 is 0. The van der Waals surface area contributed by atoms with Crippen molar-refractivity contribution in [3.05, 3.63) is 29.8 Å². The van der Waals surface area contributed by atoms with Gasteiger partial charge < -0.3 is 15.1 Å². The molecule has 2 aliphatic heterocycles. The first-order valence-electron chi connectivity index (χ1n) is 7.52. The number of nitrogens with zero attached hydrogens (tertiary/aromatic N) is 2. The van der Waals surface area contributed by atoms with Gasteiger partial charge in [-0.15, -0.1) is 0 Å². The zero-order chi connectivity index (χ0) is 13.9. The SMILES string of the molecule is Cc1cccc(N2CC(CN3CCNCC3)CC2=O)c1. The molecule has 0 aromatic heterocycles. The Balaban J connectivity index is 1.63. The second kappa shape index (κ2) is 5.94. The molecule has 1 unspecified atom stereocenters. The molecule has 2 aliphatic rings. The van der Waals surface area contributed by atoms with Crippen molar-refractivity contribution in [1.29, 1.82) is 0 Å². The fraction of sp³-hybridized carbons (Fsp3) is 0.562. The molecule has 0 aliphatic carbocycles. The van der Waals surface area contributed by atoms with Gasteiger partial charge in [-0.25, -0.2) is 0 Å². The van der Waals surface area contributed by atoms with Crippen molar-refractivity contribution in [2.75, 3.05) is 44.2 Å². The molecule has 0 saturated carbocycles. The summed E-state index contributed by atoms with van der Waals surface area (Å²) in [5.41, 5.74) is 2.26. The van der Waals surface area contributed by atoms with Crippen LogP contribution in [0.25, 0.3) is 0 Å². The van der Waals surface area contributed by atoms with E-state index in [-0.39, 0.29) is 5.91 Å². The lowest BCUT2D eigenvalue weighted by Gasteiger charge is -2.29. The van der Waals surface area contributed by atoms with Crippen molar-refractivity contribution < 1.29 is 4.79 Å². The van der Waals surface area contributed by atoms with Crippen LogP contribution in [0.5, 0.6) is 0 Å². The Labute approximate surface area is 120 Å². The van der Waals surface area contributed by atoms with Gasteiger partial charge in [0, 0.05) is 51.4 Å². The van der Waals surface area contributed by atoms with E-state index in [2.05, 4.69) is 29.3 Å². The van der Waals surface area contributed by atoms with E-state index < -0.39 is 0 Å². The van der Waals surface area contributed by atoms with Gasteiger partial charge in [-0.1, -0.05) is 12.1 Å². The molecule has 1 amide bonds. The molecule has 1 atom stereocenters. The zero-order valence-electron chi connectivity index (χ0n) is 12.1. The number of nitrogens with one attached hydrogen (secondary N) is 1. The molecule has 0 bridgehead atoms. The molecule has 3 rings (SSSR count). The van der Waals surface area contributed by atoms with Crippen LogP contribution >= 0.6 is 0 Å². The van der Waals surface area contributed by atoms with Crippen molar-refractivity contribution in [1.82, 2.24) is 10.2 Å². The van der Waals surface area contributed by atoms with Gasteiger partial charge in [0.2, 0.25) is 5.91 Å². The van der Waals surface area contributed by atoms with E-state index in [9.17, 15) is 4.79 Å². The highest BCUT2D eigenvalue weighted by atomic mass is 16.2. The molecule has 2 heterocycles. The van der Waals surface area contributed by atoms with Gasteiger partial charge in [-0.05, 0) is 30.5 Å². The van der Waals surface area contributed by atoms with Gasteiger partial charge in [-0.3, -0.25) is 4.79 Å². The largest absolute Gasteiger partial charge is 0.314 e. The number of carbonyl (C=O) groups is 1. The van der Waals surface area contributed by atoms with Crippen molar-refractivity contribution in [3.8, 4) is 0 Å². The van der Waals surface area contributed by atoms with Crippen LogP contribution in [0.4, 0.5) is 5.69 Å². The first kappa shape index (κ1) is 13.6. The van der Waals surface area contributed by atoms with E-state index in [1.807, 2.05) is 17.0 Å². The number of hydrogen-bond acceptors (Lipinski definition) is 3. The van der Waals surface area contributed by atoms with Crippen molar-refractivity contribution in [3.63, 3.8) is 0 Å². The van der Waals surface area contributed by atoms with E-state index in [0.717, 1.165) is 45.0 Å². The monoisotopic (exact) mass is 273 g/mol. The zero-order valence-corrected chi connectivity index (χ0v) is 12.1. The number of carbonyl (C=O) groups excluding carboxylic acids is 1. The first-order valence-corrected chi connectivity index (χ1v) is 7.52. The molecule has 0 spiro atoms. The molecule has 1 aromatic carbocycles. The average Bonchev–Trinajstić information content (AvgIpc) is 2.81. The lowest BCUT2D eigenvalue weighted by Crippen LogP contribution is -2.45. The Kier molecular flexibility index (Phi) is 4.03. The number of anilines is 1. The molecular weight excluding hydrogens is 250 g/mol. The minimum absolute atomic E-state index is 0.274. The van der Waals surface area contributed by atoms with Crippen LogP contribution in [0.3, 0.4) is 0 Å². The molecule has 0 radical (unpaired) electrons. The first-order chi connectivity index (χ1) is 9.72. The molecular formula is C16H23N3O. The van der Waals surface area contributed by atoms with Crippen LogP contribution in [0.2, 0.25) is 0 Å². The molecule has 2 fully saturated rings. The quantitative estimate of drug-likeness (QED) is 0.900. The lowest BCUT2D eigenvalue weighted by molar-refractivity contribution is -0.117. The van der Waals surface area contributed by atoms with Crippen LogP contribution in [0.15, 0.2) is 24.3 Å². The third-order valence-electron chi connectivity index (χ3n) is 4.24. The molecule has 1 N–H and O–H groups in total. The van der Waals surface area contributed by atoms with Crippen molar-refractivity contribution in [2.45, 2.75) is 13.3 Å². The van der Waals surface area contributed by atoms with E-state index in [1.165, 1.54) is 5.56 Å². The van der Waals surface area contributed by atoms with Crippen LogP contribution < -0.4 is 10.2 Å². The topological polar surface area (TPSA) is 35.6 Å². The minimum Gasteiger partial charge on any atom is -0.314 e. The standard InChI is InChI=1S/C16H23N3O/c1-13-3-2-4-15(9-13)19-12-14(10-16(19)20)11-18-7-5-17-6-8-18/h2-4,9,14,17H,5-8,10-12H2,1H3.